The van der Waals surface area contributed by atoms with Gasteiger partial charge in [-0.05, 0) is 49.7 Å². The summed E-state index contributed by atoms with van der Waals surface area (Å²) in [5.74, 6) is 2.05. The van der Waals surface area contributed by atoms with Crippen molar-refractivity contribution in [3.05, 3.63) is 53.1 Å². The third-order valence-corrected chi connectivity index (χ3v) is 3.67. The molecule has 0 atom stereocenters. The maximum Gasteiger partial charge on any atom is 0.251 e. The van der Waals surface area contributed by atoms with E-state index >= 15 is 0 Å². The van der Waals surface area contributed by atoms with Gasteiger partial charge in [0.2, 0.25) is 0 Å². The summed E-state index contributed by atoms with van der Waals surface area (Å²) in [5.41, 5.74) is 2.42. The summed E-state index contributed by atoms with van der Waals surface area (Å²) in [6.07, 6.45) is 0. The van der Waals surface area contributed by atoms with E-state index in [1.165, 1.54) is 0 Å². The Morgan fingerprint density at radius 3 is 2.46 bits per heavy atom. The zero-order chi connectivity index (χ0) is 17.5. The Kier molecular flexibility index (Phi) is 6.07. The highest BCUT2D eigenvalue weighted by atomic mass is 16.5. The van der Waals surface area contributed by atoms with Crippen molar-refractivity contribution < 1.29 is 19.0 Å². The highest BCUT2D eigenvalue weighted by Crippen LogP contribution is 2.24. The summed E-state index contributed by atoms with van der Waals surface area (Å²) >= 11 is 0. The van der Waals surface area contributed by atoms with Gasteiger partial charge in [-0.1, -0.05) is 0 Å². The molecule has 0 saturated carbocycles. The number of methoxy groups -OCH3 is 2. The normalized spacial score (nSPS) is 10.2. The SMILES string of the molecule is CCOc1ccc(C(=O)NCc2ccc(OC)cc2OC)cc1C. The lowest BCUT2D eigenvalue weighted by atomic mass is 10.1. The number of benzene rings is 2. The number of ether oxygens (including phenoxy) is 3. The van der Waals surface area contributed by atoms with Gasteiger partial charge in [-0.15, -0.1) is 0 Å². The first kappa shape index (κ1) is 17.7. The van der Waals surface area contributed by atoms with E-state index in [0.717, 1.165) is 16.9 Å². The van der Waals surface area contributed by atoms with Gasteiger partial charge in [0, 0.05) is 23.7 Å². The second kappa shape index (κ2) is 8.24. The monoisotopic (exact) mass is 329 g/mol. The molecule has 0 fully saturated rings. The standard InChI is InChI=1S/C19H23NO4/c1-5-24-17-9-7-14(10-13(17)2)19(21)20-12-15-6-8-16(22-3)11-18(15)23-4/h6-11H,5,12H2,1-4H3,(H,20,21). The van der Waals surface area contributed by atoms with Gasteiger partial charge in [0.1, 0.15) is 17.2 Å². The summed E-state index contributed by atoms with van der Waals surface area (Å²) in [4.78, 5) is 12.3. The third kappa shape index (κ3) is 4.19. The van der Waals surface area contributed by atoms with Crippen molar-refractivity contribution in [1.82, 2.24) is 5.32 Å². The average molecular weight is 329 g/mol. The maximum absolute atomic E-state index is 12.3. The Hall–Kier alpha value is -2.69. The molecule has 0 heterocycles. The van der Waals surface area contributed by atoms with E-state index in [-0.39, 0.29) is 5.91 Å². The van der Waals surface area contributed by atoms with Crippen molar-refractivity contribution in [2.45, 2.75) is 20.4 Å². The molecular formula is C19H23NO4. The maximum atomic E-state index is 12.3. The lowest BCUT2D eigenvalue weighted by molar-refractivity contribution is 0.0950. The van der Waals surface area contributed by atoms with Crippen LogP contribution in [0.3, 0.4) is 0 Å². The predicted octanol–water partition coefficient (Wildman–Crippen LogP) is 3.34. The molecule has 0 radical (unpaired) electrons. The van der Waals surface area contributed by atoms with E-state index in [9.17, 15) is 4.79 Å². The number of hydrogen-bond acceptors (Lipinski definition) is 4. The molecule has 0 aromatic heterocycles. The first-order valence-corrected chi connectivity index (χ1v) is 7.81. The molecule has 0 bridgehead atoms. The second-order valence-electron chi connectivity index (χ2n) is 5.27. The minimum Gasteiger partial charge on any atom is -0.497 e. The van der Waals surface area contributed by atoms with Crippen LogP contribution >= 0.6 is 0 Å². The molecule has 0 unspecified atom stereocenters. The molecule has 2 aromatic rings. The Morgan fingerprint density at radius 1 is 1.04 bits per heavy atom. The number of hydrogen-bond donors (Lipinski definition) is 1. The van der Waals surface area contributed by atoms with Gasteiger partial charge in [0.05, 0.1) is 20.8 Å². The quantitative estimate of drug-likeness (QED) is 0.846. The van der Waals surface area contributed by atoms with Gasteiger partial charge in [-0.3, -0.25) is 4.79 Å². The first-order chi connectivity index (χ1) is 11.6. The van der Waals surface area contributed by atoms with Crippen molar-refractivity contribution >= 4 is 5.91 Å². The highest BCUT2D eigenvalue weighted by molar-refractivity contribution is 5.94. The molecule has 128 valence electrons. The van der Waals surface area contributed by atoms with Crippen molar-refractivity contribution in [2.24, 2.45) is 0 Å². The van der Waals surface area contributed by atoms with Crippen molar-refractivity contribution in [3.63, 3.8) is 0 Å². The lowest BCUT2D eigenvalue weighted by Gasteiger charge is -2.12. The Morgan fingerprint density at radius 2 is 1.83 bits per heavy atom. The average Bonchev–Trinajstić information content (AvgIpc) is 2.61. The molecule has 1 amide bonds. The minimum atomic E-state index is -0.140. The van der Waals surface area contributed by atoms with Crippen LogP contribution in [0.25, 0.3) is 0 Å². The molecule has 0 saturated heterocycles. The topological polar surface area (TPSA) is 56.8 Å². The molecule has 24 heavy (non-hydrogen) atoms. The molecule has 0 aliphatic carbocycles. The fourth-order valence-electron chi connectivity index (χ4n) is 2.38. The smallest absolute Gasteiger partial charge is 0.251 e. The van der Waals surface area contributed by atoms with Crippen LogP contribution in [0.1, 0.15) is 28.4 Å². The number of amides is 1. The molecule has 5 heteroatoms. The van der Waals surface area contributed by atoms with Crippen LogP contribution in [-0.4, -0.2) is 26.7 Å². The van der Waals surface area contributed by atoms with Gasteiger partial charge >= 0.3 is 0 Å². The Balaban J connectivity index is 2.07. The van der Waals surface area contributed by atoms with Crippen LogP contribution in [-0.2, 0) is 6.54 Å². The molecule has 2 aromatic carbocycles. The summed E-state index contributed by atoms with van der Waals surface area (Å²) in [6, 6.07) is 10.9. The zero-order valence-electron chi connectivity index (χ0n) is 14.5. The minimum absolute atomic E-state index is 0.140. The van der Waals surface area contributed by atoms with E-state index in [2.05, 4.69) is 5.32 Å². The third-order valence-electron chi connectivity index (χ3n) is 3.67. The fourth-order valence-corrected chi connectivity index (χ4v) is 2.38. The number of aryl methyl sites for hydroxylation is 1. The van der Waals surface area contributed by atoms with E-state index in [0.29, 0.717) is 30.2 Å². The first-order valence-electron chi connectivity index (χ1n) is 7.81. The van der Waals surface area contributed by atoms with Gasteiger partial charge < -0.3 is 19.5 Å². The van der Waals surface area contributed by atoms with Gasteiger partial charge in [-0.2, -0.15) is 0 Å². The van der Waals surface area contributed by atoms with Gasteiger partial charge in [0.25, 0.3) is 5.91 Å². The number of carbonyl (C=O) groups is 1. The molecule has 5 nitrogen and oxygen atoms in total. The highest BCUT2D eigenvalue weighted by Gasteiger charge is 2.10. The van der Waals surface area contributed by atoms with Crippen LogP contribution in [0.4, 0.5) is 0 Å². The molecule has 0 aliphatic heterocycles. The summed E-state index contributed by atoms with van der Waals surface area (Å²) in [5, 5.41) is 2.91. The van der Waals surface area contributed by atoms with Crippen molar-refractivity contribution in [1.29, 1.82) is 0 Å². The Labute approximate surface area is 142 Å². The van der Waals surface area contributed by atoms with E-state index < -0.39 is 0 Å². The summed E-state index contributed by atoms with van der Waals surface area (Å²) in [7, 11) is 3.19. The number of rotatable bonds is 7. The van der Waals surface area contributed by atoms with E-state index in [1.54, 1.807) is 26.4 Å². The van der Waals surface area contributed by atoms with E-state index in [1.807, 2.05) is 38.1 Å². The number of carbonyl (C=O) groups excluding carboxylic acids is 1. The van der Waals surface area contributed by atoms with Gasteiger partial charge in [0.15, 0.2) is 0 Å². The lowest BCUT2D eigenvalue weighted by Crippen LogP contribution is -2.23. The van der Waals surface area contributed by atoms with E-state index in [4.69, 9.17) is 14.2 Å². The van der Waals surface area contributed by atoms with Crippen LogP contribution in [0.15, 0.2) is 36.4 Å². The fraction of sp³-hybridized carbons (Fsp3) is 0.316. The van der Waals surface area contributed by atoms with Crippen molar-refractivity contribution in [2.75, 3.05) is 20.8 Å². The zero-order valence-corrected chi connectivity index (χ0v) is 14.5. The largest absolute Gasteiger partial charge is 0.497 e. The van der Waals surface area contributed by atoms with Gasteiger partial charge in [-0.25, -0.2) is 0 Å². The Bertz CT molecular complexity index is 713. The second-order valence-corrected chi connectivity index (χ2v) is 5.27. The molecule has 0 spiro atoms. The molecule has 1 N–H and O–H groups in total. The van der Waals surface area contributed by atoms with Crippen LogP contribution < -0.4 is 19.5 Å². The van der Waals surface area contributed by atoms with Crippen LogP contribution in [0, 0.1) is 6.92 Å². The molecule has 0 aliphatic rings. The van der Waals surface area contributed by atoms with Crippen LogP contribution in [0.2, 0.25) is 0 Å². The molecular weight excluding hydrogens is 306 g/mol. The summed E-state index contributed by atoms with van der Waals surface area (Å²) in [6.45, 7) is 4.83. The predicted molar refractivity (Wildman–Crippen MR) is 93.1 cm³/mol. The molecule has 2 rings (SSSR count). The number of nitrogens with one attached hydrogen (secondary N) is 1. The van der Waals surface area contributed by atoms with Crippen LogP contribution in [0.5, 0.6) is 17.2 Å². The summed E-state index contributed by atoms with van der Waals surface area (Å²) < 4.78 is 16.0. The van der Waals surface area contributed by atoms with Crippen molar-refractivity contribution in [3.8, 4) is 17.2 Å².